The zero-order valence-corrected chi connectivity index (χ0v) is 20.1. The van der Waals surface area contributed by atoms with Crippen LogP contribution >= 0.6 is 0 Å². The Hall–Kier alpha value is 0.797. The van der Waals surface area contributed by atoms with Crippen molar-refractivity contribution < 1.29 is 26.2 Å². The molecule has 0 unspecified atom stereocenters. The number of unbranched alkanes of at least 4 members (excludes halogenated alkanes) is 1. The molecule has 1 fully saturated rings. The monoisotopic (exact) mass is 408 g/mol. The number of rotatable bonds is 4. The molecule has 1 aliphatic carbocycles. The van der Waals surface area contributed by atoms with E-state index in [0.717, 1.165) is 0 Å². The van der Waals surface area contributed by atoms with Crippen LogP contribution in [0.3, 0.4) is 0 Å². The van der Waals surface area contributed by atoms with Crippen LogP contribution in [-0.2, 0) is 26.2 Å². The van der Waals surface area contributed by atoms with Crippen molar-refractivity contribution in [1.29, 1.82) is 0 Å². The summed E-state index contributed by atoms with van der Waals surface area (Å²) >= 11 is 0. The first kappa shape index (κ1) is 27.6. The molecule has 0 aromatic carbocycles. The van der Waals surface area contributed by atoms with Crippen molar-refractivity contribution in [3.05, 3.63) is 75.4 Å². The van der Waals surface area contributed by atoms with E-state index in [0.29, 0.717) is 0 Å². The molecule has 0 saturated heterocycles. The van der Waals surface area contributed by atoms with Gasteiger partial charge < -0.3 is 0 Å². The quantitative estimate of drug-likeness (QED) is 0.387. The summed E-state index contributed by atoms with van der Waals surface area (Å²) in [7, 11) is -2.14. The van der Waals surface area contributed by atoms with E-state index in [1.165, 1.54) is 0 Å². The third-order valence-electron chi connectivity index (χ3n) is 2.89. The summed E-state index contributed by atoms with van der Waals surface area (Å²) in [6.07, 6.45) is 14.1. The van der Waals surface area contributed by atoms with Gasteiger partial charge in [0.2, 0.25) is 0 Å². The largest absolute Gasteiger partial charge is 2.00 e. The van der Waals surface area contributed by atoms with Crippen LogP contribution in [0.1, 0.15) is 6.92 Å². The molecular weight excluding hydrogens is 376 g/mol. The Morgan fingerprint density at radius 3 is 1.18 bits per heavy atom. The molecule has 120 valence electrons. The molecule has 0 bridgehead atoms. The third-order valence-corrected chi connectivity index (χ3v) is 6.97. The van der Waals surface area contributed by atoms with Crippen molar-refractivity contribution in [2.45, 2.75) is 46.2 Å². The number of hydrogen-bond donors (Lipinski definition) is 0. The van der Waals surface area contributed by atoms with E-state index in [9.17, 15) is 0 Å². The molecule has 8 radical (unpaired) electrons. The van der Waals surface area contributed by atoms with Crippen molar-refractivity contribution in [3.63, 3.8) is 0 Å². The molecule has 1 rings (SSSR count). The van der Waals surface area contributed by atoms with Crippen molar-refractivity contribution in [2.24, 2.45) is 0 Å². The molecule has 0 amide bonds. The van der Waals surface area contributed by atoms with Gasteiger partial charge in [0.05, 0.1) is 16.1 Å². The predicted octanol–water partition coefficient (Wildman–Crippen LogP) is 6.12. The van der Waals surface area contributed by atoms with E-state index < -0.39 is 16.1 Å². The Kier molecular flexibility index (Phi) is 17.8. The van der Waals surface area contributed by atoms with Crippen molar-refractivity contribution in [1.82, 2.24) is 0 Å². The fourth-order valence-electron chi connectivity index (χ4n) is 1.38. The molecule has 3 heteroatoms. The van der Waals surface area contributed by atoms with Crippen LogP contribution in [0.2, 0.25) is 39.3 Å². The van der Waals surface area contributed by atoms with Crippen LogP contribution in [0.5, 0.6) is 0 Å². The van der Waals surface area contributed by atoms with Gasteiger partial charge in [-0.05, 0) is 50.1 Å². The smallest absolute Gasteiger partial charge is 0.0991 e. The summed E-state index contributed by atoms with van der Waals surface area (Å²) in [5.41, 5.74) is 3.23. The van der Waals surface area contributed by atoms with E-state index in [1.54, 1.807) is 29.7 Å². The van der Waals surface area contributed by atoms with Crippen LogP contribution < -0.4 is 0 Å². The van der Waals surface area contributed by atoms with Gasteiger partial charge in [-0.25, -0.2) is 0 Å². The zero-order valence-electron chi connectivity index (χ0n) is 15.7. The Morgan fingerprint density at radius 2 is 1.09 bits per heavy atom. The zero-order chi connectivity index (χ0) is 17.1. The predicted molar refractivity (Wildman–Crippen MR) is 106 cm³/mol. The van der Waals surface area contributed by atoms with Gasteiger partial charge in [-0.2, -0.15) is 0 Å². The standard InChI is InChI=1S/C11H21Si2.C4H7.C4H6.Zr/c1-12(2,3)10-7-8-11(9-10)13(4,5)6;2*1-3-4-2;/h7-9H,1-6H3;3-4H,1H2,2H3;3-4H,1-2H2;/q;;;+2. The first-order valence-electron chi connectivity index (χ1n) is 7.46. The average molecular weight is 410 g/mol. The van der Waals surface area contributed by atoms with E-state index >= 15 is 0 Å². The van der Waals surface area contributed by atoms with Crippen LogP contribution in [-0.4, -0.2) is 16.1 Å². The number of hydrogen-bond acceptors (Lipinski definition) is 0. The van der Waals surface area contributed by atoms with Crippen LogP contribution in [0.4, 0.5) is 0 Å². The van der Waals surface area contributed by atoms with Gasteiger partial charge in [0.25, 0.3) is 0 Å². The fraction of sp³-hybridized carbons (Fsp3) is 0.368. The normalized spacial score (nSPS) is 15.6. The topological polar surface area (TPSA) is 0 Å². The van der Waals surface area contributed by atoms with Gasteiger partial charge >= 0.3 is 26.2 Å². The molecule has 0 nitrogen and oxygen atoms in total. The summed E-state index contributed by atoms with van der Waals surface area (Å²) in [6, 6.07) is 0. The Balaban J connectivity index is -0.000000338. The minimum absolute atomic E-state index is 0. The molecule has 1 saturated carbocycles. The molecule has 0 spiro atoms. The van der Waals surface area contributed by atoms with Crippen LogP contribution in [0.15, 0.2) is 25.3 Å². The van der Waals surface area contributed by atoms with E-state index in [-0.39, 0.29) is 26.2 Å². The van der Waals surface area contributed by atoms with Crippen LogP contribution in [0, 0.1) is 50.1 Å². The summed E-state index contributed by atoms with van der Waals surface area (Å²) in [5, 5.41) is 0. The SMILES string of the molecule is C=CC=C.C[Si](C)(C)[C]1[CH][CH][C]([Si](C)(C)C)[CH]1.[CH2][CH][CH]C.[Zr+2]. The summed E-state index contributed by atoms with van der Waals surface area (Å²) < 4.78 is 0. The first-order chi connectivity index (χ1) is 9.54. The van der Waals surface area contributed by atoms with Gasteiger partial charge in [-0.15, -0.1) is 0 Å². The first-order valence-corrected chi connectivity index (χ1v) is 14.5. The molecule has 0 atom stereocenters. The summed E-state index contributed by atoms with van der Waals surface area (Å²) in [6.45, 7) is 26.6. The molecule has 22 heavy (non-hydrogen) atoms. The van der Waals surface area contributed by atoms with E-state index in [1.807, 2.05) is 13.3 Å². The number of allylic oxidation sites excluding steroid dienone is 2. The molecule has 0 aromatic rings. The summed E-state index contributed by atoms with van der Waals surface area (Å²) in [4.78, 5) is 0. The molecule has 0 heterocycles. The van der Waals surface area contributed by atoms with Crippen LogP contribution in [0.25, 0.3) is 0 Å². The Morgan fingerprint density at radius 1 is 0.818 bits per heavy atom. The second-order valence-corrected chi connectivity index (χ2v) is 17.1. The van der Waals surface area contributed by atoms with Gasteiger partial charge in [0.15, 0.2) is 0 Å². The maximum atomic E-state index is 3.42. The summed E-state index contributed by atoms with van der Waals surface area (Å²) in [5.74, 6) is 0. The molecule has 0 N–H and O–H groups in total. The molecule has 1 aliphatic rings. The van der Waals surface area contributed by atoms with Gasteiger partial charge in [-0.1, -0.05) is 71.5 Å². The minimum Gasteiger partial charge on any atom is -0.0991 e. The maximum absolute atomic E-state index is 3.42. The molecular formula is C19H34Si2Zr+2. The molecule has 0 aromatic heterocycles. The second-order valence-electron chi connectivity index (χ2n) is 6.93. The van der Waals surface area contributed by atoms with Crippen molar-refractivity contribution >= 4 is 16.1 Å². The van der Waals surface area contributed by atoms with Gasteiger partial charge in [0.1, 0.15) is 0 Å². The second kappa shape index (κ2) is 14.2. The van der Waals surface area contributed by atoms with E-state index in [2.05, 4.69) is 78.6 Å². The fourth-order valence-corrected chi connectivity index (χ4v) is 3.86. The Labute approximate surface area is 163 Å². The van der Waals surface area contributed by atoms with E-state index in [4.69, 9.17) is 0 Å². The third kappa shape index (κ3) is 14.4. The van der Waals surface area contributed by atoms with Gasteiger partial charge in [-0.3, -0.25) is 0 Å². The maximum Gasteiger partial charge on any atom is 2.00 e. The Bertz CT molecular complexity index is 246. The van der Waals surface area contributed by atoms with Gasteiger partial charge in [0, 0.05) is 0 Å². The minimum atomic E-state index is -1.07. The molecule has 0 aliphatic heterocycles. The van der Waals surface area contributed by atoms with Crippen molar-refractivity contribution in [3.8, 4) is 0 Å². The van der Waals surface area contributed by atoms with Crippen molar-refractivity contribution in [2.75, 3.05) is 0 Å². The average Bonchev–Trinajstić information content (AvgIpc) is 2.89.